The van der Waals surface area contributed by atoms with Crippen LogP contribution < -0.4 is 15.8 Å². The number of ether oxygens (including phenoxy) is 1. The van der Waals surface area contributed by atoms with Crippen molar-refractivity contribution < 1.29 is 4.74 Å². The molecule has 3 N–H and O–H groups in total. The number of hydrogen-bond acceptors (Lipinski definition) is 3. The largest absolute Gasteiger partial charge is 0.491 e. The first-order valence-corrected chi connectivity index (χ1v) is 6.05. The molecular formula is C13H20N2O. The van der Waals surface area contributed by atoms with Crippen molar-refractivity contribution in [3.8, 4) is 5.75 Å². The van der Waals surface area contributed by atoms with E-state index in [0.717, 1.165) is 36.9 Å². The smallest absolute Gasteiger partial charge is 0.144 e. The van der Waals surface area contributed by atoms with Crippen molar-refractivity contribution >= 4 is 11.4 Å². The number of hydrogen-bond donors (Lipinski definition) is 2. The summed E-state index contributed by atoms with van der Waals surface area (Å²) in [5.41, 5.74) is 7.66. The monoisotopic (exact) mass is 220 g/mol. The van der Waals surface area contributed by atoms with Gasteiger partial charge in [0.25, 0.3) is 0 Å². The molecule has 0 aliphatic heterocycles. The lowest BCUT2D eigenvalue weighted by molar-refractivity contribution is 0.319. The summed E-state index contributed by atoms with van der Waals surface area (Å²) in [6, 6.07) is 5.91. The van der Waals surface area contributed by atoms with Gasteiger partial charge in [0.2, 0.25) is 0 Å². The molecule has 2 rings (SSSR count). The Hall–Kier alpha value is -1.38. The minimum Gasteiger partial charge on any atom is -0.491 e. The van der Waals surface area contributed by atoms with Crippen LogP contribution in [0, 0.1) is 5.92 Å². The summed E-state index contributed by atoms with van der Waals surface area (Å²) < 4.78 is 5.58. The molecule has 0 radical (unpaired) electrons. The van der Waals surface area contributed by atoms with Gasteiger partial charge in [0.15, 0.2) is 0 Å². The molecule has 0 atom stereocenters. The predicted octanol–water partition coefficient (Wildman–Crippen LogP) is 2.88. The van der Waals surface area contributed by atoms with Crippen molar-refractivity contribution in [3.05, 3.63) is 18.2 Å². The van der Waals surface area contributed by atoms with E-state index in [-0.39, 0.29) is 0 Å². The van der Waals surface area contributed by atoms with Crippen molar-refractivity contribution in [2.75, 3.05) is 24.2 Å². The average Bonchev–Trinajstić information content (AvgIpc) is 3.10. The van der Waals surface area contributed by atoms with Gasteiger partial charge in [-0.25, -0.2) is 0 Å². The molecule has 3 nitrogen and oxygen atoms in total. The van der Waals surface area contributed by atoms with E-state index in [4.69, 9.17) is 10.5 Å². The summed E-state index contributed by atoms with van der Waals surface area (Å²) in [5, 5.41) is 3.42. The van der Waals surface area contributed by atoms with Crippen LogP contribution in [0.4, 0.5) is 11.4 Å². The molecular weight excluding hydrogens is 200 g/mol. The molecule has 88 valence electrons. The summed E-state index contributed by atoms with van der Waals surface area (Å²) in [5.74, 6) is 1.67. The SMILES string of the molecule is CCCOc1cc(NCC2CC2)ccc1N. The highest BCUT2D eigenvalue weighted by atomic mass is 16.5. The zero-order valence-corrected chi connectivity index (χ0v) is 9.83. The molecule has 0 amide bonds. The first-order valence-electron chi connectivity index (χ1n) is 6.05. The van der Waals surface area contributed by atoms with E-state index in [9.17, 15) is 0 Å². The van der Waals surface area contributed by atoms with E-state index < -0.39 is 0 Å². The average molecular weight is 220 g/mol. The fourth-order valence-electron chi connectivity index (χ4n) is 1.57. The Labute approximate surface area is 97.0 Å². The summed E-state index contributed by atoms with van der Waals surface area (Å²) in [6.07, 6.45) is 3.72. The van der Waals surface area contributed by atoms with Crippen LogP contribution >= 0.6 is 0 Å². The topological polar surface area (TPSA) is 47.3 Å². The van der Waals surface area contributed by atoms with E-state index >= 15 is 0 Å². The molecule has 1 aromatic rings. The van der Waals surface area contributed by atoms with Crippen LogP contribution in [0.1, 0.15) is 26.2 Å². The zero-order valence-electron chi connectivity index (χ0n) is 9.83. The molecule has 1 saturated carbocycles. The third-order valence-electron chi connectivity index (χ3n) is 2.77. The molecule has 0 aromatic heterocycles. The van der Waals surface area contributed by atoms with Gasteiger partial charge in [0, 0.05) is 18.3 Å². The normalized spacial score (nSPS) is 14.8. The van der Waals surface area contributed by atoms with Gasteiger partial charge in [-0.3, -0.25) is 0 Å². The van der Waals surface area contributed by atoms with Gasteiger partial charge in [-0.15, -0.1) is 0 Å². The van der Waals surface area contributed by atoms with E-state index in [2.05, 4.69) is 12.2 Å². The number of nitrogens with two attached hydrogens (primary N) is 1. The number of anilines is 2. The second kappa shape index (κ2) is 5.10. The first-order chi connectivity index (χ1) is 7.79. The Morgan fingerprint density at radius 2 is 2.25 bits per heavy atom. The minimum absolute atomic E-state index is 0.713. The molecule has 1 fully saturated rings. The predicted molar refractivity (Wildman–Crippen MR) is 67.9 cm³/mol. The van der Waals surface area contributed by atoms with E-state index in [1.807, 2.05) is 18.2 Å². The molecule has 0 heterocycles. The Bertz CT molecular complexity index is 348. The van der Waals surface area contributed by atoms with Crippen molar-refractivity contribution in [2.45, 2.75) is 26.2 Å². The third kappa shape index (κ3) is 3.05. The maximum Gasteiger partial charge on any atom is 0.144 e. The summed E-state index contributed by atoms with van der Waals surface area (Å²) in [7, 11) is 0. The summed E-state index contributed by atoms with van der Waals surface area (Å²) >= 11 is 0. The lowest BCUT2D eigenvalue weighted by atomic mass is 10.2. The quantitative estimate of drug-likeness (QED) is 0.725. The molecule has 0 saturated heterocycles. The van der Waals surface area contributed by atoms with Crippen LogP contribution in [0.15, 0.2) is 18.2 Å². The third-order valence-corrected chi connectivity index (χ3v) is 2.77. The lowest BCUT2D eigenvalue weighted by Crippen LogP contribution is -2.04. The van der Waals surface area contributed by atoms with Crippen LogP contribution in [0.3, 0.4) is 0 Å². The number of rotatable bonds is 6. The molecule has 1 aliphatic rings. The first kappa shape index (κ1) is 11.1. The second-order valence-electron chi connectivity index (χ2n) is 4.43. The maximum absolute atomic E-state index is 5.85. The van der Waals surface area contributed by atoms with Crippen LogP contribution in [-0.4, -0.2) is 13.2 Å². The van der Waals surface area contributed by atoms with Gasteiger partial charge in [0.05, 0.1) is 12.3 Å². The maximum atomic E-state index is 5.85. The Balaban J connectivity index is 1.95. The highest BCUT2D eigenvalue weighted by Crippen LogP contribution is 2.30. The molecule has 3 heteroatoms. The van der Waals surface area contributed by atoms with Crippen molar-refractivity contribution in [2.24, 2.45) is 5.92 Å². The number of nitrogens with one attached hydrogen (secondary N) is 1. The number of benzene rings is 1. The molecule has 16 heavy (non-hydrogen) atoms. The van der Waals surface area contributed by atoms with Gasteiger partial charge in [-0.1, -0.05) is 6.92 Å². The van der Waals surface area contributed by atoms with E-state index in [1.54, 1.807) is 0 Å². The highest BCUT2D eigenvalue weighted by Gasteiger charge is 2.20. The van der Waals surface area contributed by atoms with Crippen molar-refractivity contribution in [3.63, 3.8) is 0 Å². The zero-order chi connectivity index (χ0) is 11.4. The molecule has 1 aliphatic carbocycles. The van der Waals surface area contributed by atoms with Gasteiger partial charge in [-0.05, 0) is 37.3 Å². The summed E-state index contributed by atoms with van der Waals surface area (Å²) in [6.45, 7) is 3.87. The van der Waals surface area contributed by atoms with Crippen LogP contribution in [0.5, 0.6) is 5.75 Å². The molecule has 0 spiro atoms. The minimum atomic E-state index is 0.713. The Kier molecular flexibility index (Phi) is 3.54. The Morgan fingerprint density at radius 3 is 2.94 bits per heavy atom. The standard InChI is InChI=1S/C13H20N2O/c1-2-7-16-13-8-11(5-6-12(13)14)15-9-10-3-4-10/h5-6,8,10,15H,2-4,7,9,14H2,1H3. The van der Waals surface area contributed by atoms with Gasteiger partial charge in [0.1, 0.15) is 5.75 Å². The van der Waals surface area contributed by atoms with E-state index in [0.29, 0.717) is 5.69 Å². The Morgan fingerprint density at radius 1 is 1.44 bits per heavy atom. The van der Waals surface area contributed by atoms with Gasteiger partial charge >= 0.3 is 0 Å². The van der Waals surface area contributed by atoms with Crippen LogP contribution in [-0.2, 0) is 0 Å². The second-order valence-corrected chi connectivity index (χ2v) is 4.43. The van der Waals surface area contributed by atoms with Crippen molar-refractivity contribution in [1.29, 1.82) is 0 Å². The van der Waals surface area contributed by atoms with Crippen LogP contribution in [0.25, 0.3) is 0 Å². The molecule has 0 bridgehead atoms. The molecule has 1 aromatic carbocycles. The highest BCUT2D eigenvalue weighted by molar-refractivity contribution is 5.61. The summed E-state index contributed by atoms with van der Waals surface area (Å²) in [4.78, 5) is 0. The van der Waals surface area contributed by atoms with E-state index in [1.165, 1.54) is 12.8 Å². The fraction of sp³-hybridized carbons (Fsp3) is 0.538. The molecule has 0 unspecified atom stereocenters. The number of nitrogen functional groups attached to an aromatic ring is 1. The fourth-order valence-corrected chi connectivity index (χ4v) is 1.57. The lowest BCUT2D eigenvalue weighted by Gasteiger charge is -2.11. The van der Waals surface area contributed by atoms with Crippen molar-refractivity contribution in [1.82, 2.24) is 0 Å². The van der Waals surface area contributed by atoms with Gasteiger partial charge in [-0.2, -0.15) is 0 Å². The van der Waals surface area contributed by atoms with Gasteiger partial charge < -0.3 is 15.8 Å². The van der Waals surface area contributed by atoms with Crippen LogP contribution in [0.2, 0.25) is 0 Å².